The third-order valence-corrected chi connectivity index (χ3v) is 3.03. The van der Waals surface area contributed by atoms with E-state index in [1.54, 1.807) is 0 Å². The topological polar surface area (TPSA) is 77.1 Å². The number of nitrogens with two attached hydrogens (primary N) is 1. The van der Waals surface area contributed by atoms with Crippen LogP contribution in [0.25, 0.3) is 0 Å². The van der Waals surface area contributed by atoms with E-state index in [0.717, 1.165) is 25.9 Å². The van der Waals surface area contributed by atoms with E-state index in [1.807, 2.05) is 0 Å². The van der Waals surface area contributed by atoms with Crippen molar-refractivity contribution in [2.24, 2.45) is 10.9 Å². The zero-order chi connectivity index (χ0) is 13.7. The maximum absolute atomic E-state index is 13.7. The minimum Gasteiger partial charge on any atom is -0.488 e. The number of amidine groups is 1. The van der Waals surface area contributed by atoms with E-state index in [1.165, 1.54) is 18.2 Å². The summed E-state index contributed by atoms with van der Waals surface area (Å²) in [5, 5.41) is 11.3. The second-order valence-corrected chi connectivity index (χ2v) is 4.43. The van der Waals surface area contributed by atoms with Gasteiger partial charge in [0, 0.05) is 12.2 Å². The van der Waals surface area contributed by atoms with Crippen molar-refractivity contribution < 1.29 is 19.1 Å². The Hall–Kier alpha value is -1.82. The smallest absolute Gasteiger partial charge is 0.170 e. The van der Waals surface area contributed by atoms with Crippen LogP contribution in [-0.2, 0) is 4.74 Å². The SMILES string of the molecule is N/C(=N\O)c1ccc(OCC2CCCCO2)c(F)c1. The van der Waals surface area contributed by atoms with Gasteiger partial charge in [-0.1, -0.05) is 5.16 Å². The van der Waals surface area contributed by atoms with Gasteiger partial charge in [0.2, 0.25) is 0 Å². The molecule has 1 unspecified atom stereocenters. The van der Waals surface area contributed by atoms with Crippen molar-refractivity contribution in [1.82, 2.24) is 0 Å². The molecule has 6 heteroatoms. The van der Waals surface area contributed by atoms with Gasteiger partial charge in [-0.25, -0.2) is 4.39 Å². The standard InChI is InChI=1S/C13H17FN2O3/c14-11-7-9(13(15)16-17)4-5-12(11)19-8-10-3-1-2-6-18-10/h4-5,7,10,17H,1-3,6,8H2,(H2,15,16). The van der Waals surface area contributed by atoms with Crippen LogP contribution in [0.15, 0.2) is 23.4 Å². The molecule has 0 bridgehead atoms. The summed E-state index contributed by atoms with van der Waals surface area (Å²) in [5.74, 6) is -0.537. The number of hydrogen-bond donors (Lipinski definition) is 2. The lowest BCUT2D eigenvalue weighted by atomic mass is 10.1. The Labute approximate surface area is 110 Å². The molecular formula is C13H17FN2O3. The minimum absolute atomic E-state index is 0.0249. The number of halogens is 1. The van der Waals surface area contributed by atoms with Gasteiger partial charge in [0.05, 0.1) is 6.10 Å². The molecule has 1 aliphatic rings. The first-order valence-corrected chi connectivity index (χ1v) is 6.22. The number of hydrogen-bond acceptors (Lipinski definition) is 4. The summed E-state index contributed by atoms with van der Waals surface area (Å²) in [4.78, 5) is 0. The Balaban J connectivity index is 1.97. The van der Waals surface area contributed by atoms with Gasteiger partial charge in [-0.3, -0.25) is 0 Å². The Morgan fingerprint density at radius 3 is 3.00 bits per heavy atom. The maximum atomic E-state index is 13.7. The summed E-state index contributed by atoms with van der Waals surface area (Å²) in [6.07, 6.45) is 3.14. The molecule has 2 rings (SSSR count). The first-order chi connectivity index (χ1) is 9.20. The predicted octanol–water partition coefficient (Wildman–Crippen LogP) is 1.87. The van der Waals surface area contributed by atoms with E-state index in [9.17, 15) is 4.39 Å². The van der Waals surface area contributed by atoms with Gasteiger partial charge in [-0.15, -0.1) is 0 Å². The first-order valence-electron chi connectivity index (χ1n) is 6.22. The largest absolute Gasteiger partial charge is 0.488 e. The maximum Gasteiger partial charge on any atom is 0.170 e. The Bertz CT molecular complexity index is 459. The molecule has 0 saturated carbocycles. The molecule has 1 saturated heterocycles. The van der Waals surface area contributed by atoms with Crippen LogP contribution in [0.3, 0.4) is 0 Å². The van der Waals surface area contributed by atoms with Crippen LogP contribution in [0.1, 0.15) is 24.8 Å². The average molecular weight is 268 g/mol. The number of rotatable bonds is 4. The van der Waals surface area contributed by atoms with Gasteiger partial charge in [-0.2, -0.15) is 0 Å². The molecule has 1 atom stereocenters. The molecule has 0 amide bonds. The first kappa shape index (κ1) is 13.6. The summed E-state index contributed by atoms with van der Waals surface area (Å²) in [6, 6.07) is 4.17. The fourth-order valence-electron chi connectivity index (χ4n) is 1.96. The highest BCUT2D eigenvalue weighted by atomic mass is 19.1. The van der Waals surface area contributed by atoms with Gasteiger partial charge >= 0.3 is 0 Å². The van der Waals surface area contributed by atoms with E-state index in [-0.39, 0.29) is 17.7 Å². The molecule has 1 fully saturated rings. The number of nitrogens with zero attached hydrogens (tertiary/aromatic N) is 1. The Kier molecular flexibility index (Phi) is 4.57. The second-order valence-electron chi connectivity index (χ2n) is 4.43. The molecule has 0 spiro atoms. The Morgan fingerprint density at radius 2 is 2.37 bits per heavy atom. The lowest BCUT2D eigenvalue weighted by molar-refractivity contribution is -0.0117. The summed E-state index contributed by atoms with van der Waals surface area (Å²) in [7, 11) is 0. The molecule has 1 heterocycles. The van der Waals surface area contributed by atoms with Crippen molar-refractivity contribution in [3.05, 3.63) is 29.6 Å². The number of oxime groups is 1. The predicted molar refractivity (Wildman–Crippen MR) is 68.0 cm³/mol. The third kappa shape index (κ3) is 3.57. The lowest BCUT2D eigenvalue weighted by Crippen LogP contribution is -2.26. The van der Waals surface area contributed by atoms with E-state index in [0.29, 0.717) is 12.2 Å². The van der Waals surface area contributed by atoms with Gasteiger partial charge in [0.1, 0.15) is 6.61 Å². The molecular weight excluding hydrogens is 251 g/mol. The average Bonchev–Trinajstić information content (AvgIpc) is 2.46. The molecule has 1 aliphatic heterocycles. The molecule has 0 aliphatic carbocycles. The summed E-state index contributed by atoms with van der Waals surface area (Å²) in [5.41, 5.74) is 5.68. The van der Waals surface area contributed by atoms with Crippen molar-refractivity contribution in [2.45, 2.75) is 25.4 Å². The minimum atomic E-state index is -0.542. The van der Waals surface area contributed by atoms with Crippen LogP contribution in [0.5, 0.6) is 5.75 Å². The Morgan fingerprint density at radius 1 is 1.53 bits per heavy atom. The molecule has 0 aromatic heterocycles. The van der Waals surface area contributed by atoms with Gasteiger partial charge in [-0.05, 0) is 37.5 Å². The summed E-state index contributed by atoms with van der Waals surface area (Å²) >= 11 is 0. The fourth-order valence-corrected chi connectivity index (χ4v) is 1.96. The zero-order valence-corrected chi connectivity index (χ0v) is 10.5. The summed E-state index contributed by atoms with van der Waals surface area (Å²) < 4.78 is 24.6. The van der Waals surface area contributed by atoms with Crippen LogP contribution in [-0.4, -0.2) is 30.4 Å². The molecule has 1 aromatic carbocycles. The van der Waals surface area contributed by atoms with Crippen LogP contribution in [0.4, 0.5) is 4.39 Å². The van der Waals surface area contributed by atoms with Gasteiger partial charge in [0.15, 0.2) is 17.4 Å². The monoisotopic (exact) mass is 268 g/mol. The fraction of sp³-hybridized carbons (Fsp3) is 0.462. The molecule has 5 nitrogen and oxygen atoms in total. The van der Waals surface area contributed by atoms with Gasteiger partial charge < -0.3 is 20.4 Å². The van der Waals surface area contributed by atoms with Crippen molar-refractivity contribution >= 4 is 5.84 Å². The normalized spacial score (nSPS) is 20.3. The highest BCUT2D eigenvalue weighted by molar-refractivity contribution is 5.97. The van der Waals surface area contributed by atoms with E-state index in [2.05, 4.69) is 5.16 Å². The van der Waals surface area contributed by atoms with Gasteiger partial charge in [0.25, 0.3) is 0 Å². The zero-order valence-electron chi connectivity index (χ0n) is 10.5. The van der Waals surface area contributed by atoms with E-state index < -0.39 is 5.82 Å². The van der Waals surface area contributed by atoms with E-state index >= 15 is 0 Å². The molecule has 0 radical (unpaired) electrons. The lowest BCUT2D eigenvalue weighted by Gasteiger charge is -2.22. The van der Waals surface area contributed by atoms with Crippen molar-refractivity contribution in [3.8, 4) is 5.75 Å². The van der Waals surface area contributed by atoms with Crippen molar-refractivity contribution in [1.29, 1.82) is 0 Å². The van der Waals surface area contributed by atoms with Crippen LogP contribution in [0, 0.1) is 5.82 Å². The van der Waals surface area contributed by atoms with Crippen molar-refractivity contribution in [3.63, 3.8) is 0 Å². The van der Waals surface area contributed by atoms with Crippen molar-refractivity contribution in [2.75, 3.05) is 13.2 Å². The highest BCUT2D eigenvalue weighted by Crippen LogP contribution is 2.20. The highest BCUT2D eigenvalue weighted by Gasteiger charge is 2.15. The molecule has 19 heavy (non-hydrogen) atoms. The number of ether oxygens (including phenoxy) is 2. The van der Waals surface area contributed by atoms with E-state index in [4.69, 9.17) is 20.4 Å². The molecule has 1 aromatic rings. The quantitative estimate of drug-likeness (QED) is 0.378. The third-order valence-electron chi connectivity index (χ3n) is 3.03. The second kappa shape index (κ2) is 6.38. The van der Waals surface area contributed by atoms with Crippen LogP contribution >= 0.6 is 0 Å². The number of benzene rings is 1. The molecule has 104 valence electrons. The molecule has 3 N–H and O–H groups in total. The van der Waals surface area contributed by atoms with Crippen LogP contribution < -0.4 is 10.5 Å². The van der Waals surface area contributed by atoms with Crippen LogP contribution in [0.2, 0.25) is 0 Å². The summed E-state index contributed by atoms with van der Waals surface area (Å²) in [6.45, 7) is 1.07.